The molecule has 0 saturated heterocycles. The number of hydrogen-bond donors (Lipinski definition) is 2. The maximum atomic E-state index is 12.6. The highest BCUT2D eigenvalue weighted by molar-refractivity contribution is 5.97. The molecule has 2 heterocycles. The first-order chi connectivity index (χ1) is 10.0. The minimum Gasteiger partial charge on any atom is -0.507 e. The molecule has 3 rings (SSSR count). The Kier molecular flexibility index (Phi) is 3.21. The molecule has 0 aliphatic carbocycles. The minimum absolute atomic E-state index is 0.00130. The van der Waals surface area contributed by atoms with Crippen LogP contribution in [0.25, 0.3) is 0 Å². The summed E-state index contributed by atoms with van der Waals surface area (Å²) >= 11 is 0. The van der Waals surface area contributed by atoms with Gasteiger partial charge in [-0.3, -0.25) is 4.79 Å². The summed E-state index contributed by atoms with van der Waals surface area (Å²) in [7, 11) is 0. The number of amides is 1. The number of aromatic nitrogens is 2. The molecule has 0 saturated carbocycles. The maximum absolute atomic E-state index is 12.6. The Bertz CT molecular complexity index is 715. The van der Waals surface area contributed by atoms with Gasteiger partial charge in [0.05, 0.1) is 17.8 Å². The number of phenolic OH excluding ortho intramolecular Hbond substituents is 1. The van der Waals surface area contributed by atoms with Crippen LogP contribution >= 0.6 is 0 Å². The molecular formula is C15H16N4O2. The Morgan fingerprint density at radius 1 is 1.43 bits per heavy atom. The monoisotopic (exact) mass is 284 g/mol. The zero-order valence-corrected chi connectivity index (χ0v) is 11.7. The quantitative estimate of drug-likeness (QED) is 0.822. The van der Waals surface area contributed by atoms with Gasteiger partial charge in [0.15, 0.2) is 0 Å². The molecular weight excluding hydrogens is 268 g/mol. The number of benzene rings is 1. The van der Waals surface area contributed by atoms with Crippen molar-refractivity contribution >= 4 is 11.9 Å². The van der Waals surface area contributed by atoms with E-state index in [1.807, 2.05) is 6.92 Å². The molecule has 0 unspecified atom stereocenters. The van der Waals surface area contributed by atoms with Crippen molar-refractivity contribution in [2.45, 2.75) is 19.9 Å². The predicted molar refractivity (Wildman–Crippen MR) is 77.7 cm³/mol. The van der Waals surface area contributed by atoms with Crippen LogP contribution in [-0.4, -0.2) is 32.4 Å². The first kappa shape index (κ1) is 13.4. The molecule has 2 aromatic rings. The third kappa shape index (κ3) is 2.52. The van der Waals surface area contributed by atoms with E-state index in [9.17, 15) is 9.90 Å². The highest BCUT2D eigenvalue weighted by atomic mass is 16.3. The molecule has 1 aromatic heterocycles. The van der Waals surface area contributed by atoms with Gasteiger partial charge in [-0.05, 0) is 31.0 Å². The Morgan fingerprint density at radius 2 is 2.24 bits per heavy atom. The first-order valence-corrected chi connectivity index (χ1v) is 6.74. The minimum atomic E-state index is -0.195. The van der Waals surface area contributed by atoms with Gasteiger partial charge in [0.25, 0.3) is 5.91 Å². The zero-order valence-electron chi connectivity index (χ0n) is 11.7. The Labute approximate surface area is 122 Å². The second-order valence-corrected chi connectivity index (χ2v) is 5.20. The van der Waals surface area contributed by atoms with Gasteiger partial charge in [0.1, 0.15) is 5.75 Å². The predicted octanol–water partition coefficient (Wildman–Crippen LogP) is 1.27. The standard InChI is InChI=1S/C15H16N4O2/c1-9-2-3-13(20)11(6-9)14(21)19-5-4-10-7-17-15(16)18-12(10)8-19/h2-3,6-7,20H,4-5,8H2,1H3,(H2,16,17,18). The number of nitrogen functional groups attached to an aromatic ring is 1. The van der Waals surface area contributed by atoms with Crippen LogP contribution in [-0.2, 0) is 13.0 Å². The average molecular weight is 284 g/mol. The number of nitrogens with two attached hydrogens (primary N) is 1. The van der Waals surface area contributed by atoms with Crippen molar-refractivity contribution < 1.29 is 9.90 Å². The molecule has 1 aliphatic rings. The number of carbonyl (C=O) groups is 1. The summed E-state index contributed by atoms with van der Waals surface area (Å²) in [4.78, 5) is 22.4. The van der Waals surface area contributed by atoms with Crippen molar-refractivity contribution in [1.29, 1.82) is 0 Å². The van der Waals surface area contributed by atoms with Gasteiger partial charge in [-0.2, -0.15) is 0 Å². The molecule has 0 fully saturated rings. The van der Waals surface area contributed by atoms with E-state index in [0.717, 1.165) is 16.8 Å². The average Bonchev–Trinajstić information content (AvgIpc) is 2.48. The number of phenols is 1. The first-order valence-electron chi connectivity index (χ1n) is 6.74. The molecule has 1 aromatic carbocycles. The Balaban J connectivity index is 1.88. The number of carbonyl (C=O) groups excluding carboxylic acids is 1. The molecule has 1 amide bonds. The molecule has 1 aliphatic heterocycles. The molecule has 6 nitrogen and oxygen atoms in total. The molecule has 3 N–H and O–H groups in total. The fraction of sp³-hybridized carbons (Fsp3) is 0.267. The summed E-state index contributed by atoms with van der Waals surface area (Å²) in [5.74, 6) is 0.0130. The van der Waals surface area contributed by atoms with E-state index < -0.39 is 0 Å². The molecule has 0 bridgehead atoms. The van der Waals surface area contributed by atoms with E-state index >= 15 is 0 Å². The Morgan fingerprint density at radius 3 is 3.05 bits per heavy atom. The number of aryl methyl sites for hydroxylation is 1. The van der Waals surface area contributed by atoms with Gasteiger partial charge in [-0.25, -0.2) is 9.97 Å². The lowest BCUT2D eigenvalue weighted by molar-refractivity contribution is 0.0728. The molecule has 0 radical (unpaired) electrons. The van der Waals surface area contributed by atoms with E-state index in [2.05, 4.69) is 9.97 Å². The van der Waals surface area contributed by atoms with Gasteiger partial charge < -0.3 is 15.7 Å². The highest BCUT2D eigenvalue weighted by Gasteiger charge is 2.24. The fourth-order valence-corrected chi connectivity index (χ4v) is 2.48. The second-order valence-electron chi connectivity index (χ2n) is 5.20. The van der Waals surface area contributed by atoms with Crippen molar-refractivity contribution in [3.8, 4) is 5.75 Å². The van der Waals surface area contributed by atoms with E-state index in [0.29, 0.717) is 25.1 Å². The van der Waals surface area contributed by atoms with Crippen LogP contribution < -0.4 is 5.73 Å². The highest BCUT2D eigenvalue weighted by Crippen LogP contribution is 2.24. The maximum Gasteiger partial charge on any atom is 0.257 e. The number of aromatic hydroxyl groups is 1. The summed E-state index contributed by atoms with van der Waals surface area (Å²) in [6, 6.07) is 5.01. The van der Waals surface area contributed by atoms with Gasteiger partial charge in [0.2, 0.25) is 5.95 Å². The van der Waals surface area contributed by atoms with Crippen LogP contribution in [0.4, 0.5) is 5.95 Å². The second kappa shape index (κ2) is 5.05. The smallest absolute Gasteiger partial charge is 0.257 e. The SMILES string of the molecule is Cc1ccc(O)c(C(=O)N2CCc3cnc(N)nc3C2)c1. The van der Waals surface area contributed by atoms with Crippen molar-refractivity contribution in [2.24, 2.45) is 0 Å². The van der Waals surface area contributed by atoms with E-state index in [1.54, 1.807) is 29.3 Å². The van der Waals surface area contributed by atoms with Crippen LogP contribution in [0.5, 0.6) is 5.75 Å². The van der Waals surface area contributed by atoms with Crippen LogP contribution in [0, 0.1) is 6.92 Å². The van der Waals surface area contributed by atoms with Gasteiger partial charge in [-0.1, -0.05) is 11.6 Å². The van der Waals surface area contributed by atoms with Crippen molar-refractivity contribution in [3.63, 3.8) is 0 Å². The lowest BCUT2D eigenvalue weighted by atomic mass is 10.0. The Hall–Kier alpha value is -2.63. The van der Waals surface area contributed by atoms with Crippen LogP contribution in [0.15, 0.2) is 24.4 Å². The number of fused-ring (bicyclic) bond motifs is 1. The van der Waals surface area contributed by atoms with Crippen molar-refractivity contribution in [3.05, 3.63) is 46.8 Å². The molecule has 108 valence electrons. The van der Waals surface area contributed by atoms with Crippen molar-refractivity contribution in [2.75, 3.05) is 12.3 Å². The summed E-state index contributed by atoms with van der Waals surface area (Å²) in [5, 5.41) is 9.88. The lowest BCUT2D eigenvalue weighted by Gasteiger charge is -2.28. The van der Waals surface area contributed by atoms with Gasteiger partial charge in [-0.15, -0.1) is 0 Å². The van der Waals surface area contributed by atoms with E-state index in [1.165, 1.54) is 0 Å². The molecule has 0 atom stereocenters. The topological polar surface area (TPSA) is 92.3 Å². The number of nitrogens with zero attached hydrogens (tertiary/aromatic N) is 3. The number of rotatable bonds is 1. The molecule has 21 heavy (non-hydrogen) atoms. The fourth-order valence-electron chi connectivity index (χ4n) is 2.48. The van der Waals surface area contributed by atoms with Crippen LogP contribution in [0.2, 0.25) is 0 Å². The molecule has 0 spiro atoms. The summed E-state index contributed by atoms with van der Waals surface area (Å²) < 4.78 is 0. The third-order valence-corrected chi connectivity index (χ3v) is 3.63. The zero-order chi connectivity index (χ0) is 15.0. The normalized spacial score (nSPS) is 13.9. The van der Waals surface area contributed by atoms with Crippen LogP contribution in [0.1, 0.15) is 27.2 Å². The van der Waals surface area contributed by atoms with Gasteiger partial charge >= 0.3 is 0 Å². The summed E-state index contributed by atoms with van der Waals surface area (Å²) in [6.07, 6.45) is 2.40. The number of anilines is 1. The summed E-state index contributed by atoms with van der Waals surface area (Å²) in [6.45, 7) is 2.84. The van der Waals surface area contributed by atoms with Crippen molar-refractivity contribution in [1.82, 2.24) is 14.9 Å². The number of hydrogen-bond acceptors (Lipinski definition) is 5. The van der Waals surface area contributed by atoms with E-state index in [-0.39, 0.29) is 17.6 Å². The molecule has 6 heteroatoms. The van der Waals surface area contributed by atoms with E-state index in [4.69, 9.17) is 5.73 Å². The van der Waals surface area contributed by atoms with Crippen LogP contribution in [0.3, 0.4) is 0 Å². The van der Waals surface area contributed by atoms with Gasteiger partial charge in [0, 0.05) is 12.7 Å². The third-order valence-electron chi connectivity index (χ3n) is 3.63. The summed E-state index contributed by atoms with van der Waals surface area (Å²) in [5.41, 5.74) is 8.63. The lowest BCUT2D eigenvalue weighted by Crippen LogP contribution is -2.36. The largest absolute Gasteiger partial charge is 0.507 e.